The van der Waals surface area contributed by atoms with Gasteiger partial charge in [0.05, 0.1) is 52.3 Å². The van der Waals surface area contributed by atoms with Crippen molar-refractivity contribution in [2.24, 2.45) is 58.3 Å². The molecule has 10 unspecified atom stereocenters. The fraction of sp³-hybridized carbons (Fsp3) is 0.365. The molecule has 1 aromatic heterocycles. The Kier molecular flexibility index (Phi) is 35.8. The zero-order valence-corrected chi connectivity index (χ0v) is 51.8. The first kappa shape index (κ1) is 86.5. The van der Waals surface area contributed by atoms with E-state index in [4.69, 9.17) is 79.9 Å². The van der Waals surface area contributed by atoms with E-state index >= 15 is 0 Å². The van der Waals surface area contributed by atoms with Crippen molar-refractivity contribution >= 4 is 59.5 Å². The topological polar surface area (TPSA) is 520 Å². The van der Waals surface area contributed by atoms with Gasteiger partial charge in [0.2, 0.25) is 5.95 Å². The van der Waals surface area contributed by atoms with Crippen LogP contribution < -0.4 is 28.7 Å². The first-order valence-electron chi connectivity index (χ1n) is 28.7. The molecule has 540 valence electrons. The molecule has 10 atom stereocenters. The summed E-state index contributed by atoms with van der Waals surface area (Å²) in [5.41, 5.74) is 25.8. The number of hydrogen-bond acceptors (Lipinski definition) is 17. The Morgan fingerprint density at radius 3 is 1.10 bits per heavy atom. The van der Waals surface area contributed by atoms with Gasteiger partial charge in [0.25, 0.3) is 0 Å². The van der Waals surface area contributed by atoms with Crippen molar-refractivity contribution in [3.8, 4) is 6.07 Å². The summed E-state index contributed by atoms with van der Waals surface area (Å²) in [7, 11) is 0. The summed E-state index contributed by atoms with van der Waals surface area (Å²) in [4.78, 5) is 112. The molecule has 1 heterocycles. The molecule has 0 aliphatic rings. The van der Waals surface area contributed by atoms with Crippen LogP contribution in [0.3, 0.4) is 0 Å². The van der Waals surface area contributed by atoms with Crippen LogP contribution in [0.15, 0.2) is 103 Å². The highest BCUT2D eigenvalue weighted by molar-refractivity contribution is 5.82. The van der Waals surface area contributed by atoms with Gasteiger partial charge in [-0.2, -0.15) is 36.0 Å². The molecule has 0 saturated heterocycles. The molecule has 5 rings (SSSR count). The van der Waals surface area contributed by atoms with Gasteiger partial charge in [-0.25, -0.2) is 18.2 Å². The predicted molar refractivity (Wildman–Crippen MR) is 323 cm³/mol. The van der Waals surface area contributed by atoms with E-state index in [-0.39, 0.29) is 74.2 Å². The maximum absolute atomic E-state index is 13.6. The van der Waals surface area contributed by atoms with Gasteiger partial charge >= 0.3 is 66.1 Å². The van der Waals surface area contributed by atoms with Crippen molar-refractivity contribution < 1.29 is 138 Å². The molecule has 0 bridgehead atoms. The number of rotatable bonds is 30. The average molecular weight is 1420 g/mol. The Labute approximate surface area is 555 Å². The van der Waals surface area contributed by atoms with Gasteiger partial charge < -0.3 is 74.6 Å². The van der Waals surface area contributed by atoms with Gasteiger partial charge in [-0.15, -0.1) is 0 Å². The number of halogens is 10. The normalized spacial score (nSPS) is 14.0. The van der Waals surface area contributed by atoms with Crippen LogP contribution >= 0.6 is 0 Å². The van der Waals surface area contributed by atoms with Crippen molar-refractivity contribution in [1.82, 2.24) is 4.98 Å². The molecule has 26 nitrogen and oxygen atoms in total. The molecule has 0 aliphatic carbocycles. The van der Waals surface area contributed by atoms with Crippen LogP contribution in [0.4, 0.5) is 43.9 Å². The summed E-state index contributed by atoms with van der Waals surface area (Å²) < 4.78 is 127. The monoisotopic (exact) mass is 1420 g/mol. The second-order valence-corrected chi connectivity index (χ2v) is 21.9. The van der Waals surface area contributed by atoms with Gasteiger partial charge in [-0.05, 0) is 154 Å². The third-order valence-corrected chi connectivity index (χ3v) is 14.1. The van der Waals surface area contributed by atoms with Crippen LogP contribution in [0.5, 0.6) is 0 Å². The van der Waals surface area contributed by atoms with Crippen molar-refractivity contribution in [3.63, 3.8) is 0 Å². The van der Waals surface area contributed by atoms with Crippen LogP contribution in [0.1, 0.15) is 83.7 Å². The van der Waals surface area contributed by atoms with E-state index in [2.05, 4.69) is 4.98 Å². The molecule has 0 amide bonds. The lowest BCUT2D eigenvalue weighted by Gasteiger charge is -2.16. The zero-order valence-electron chi connectivity index (χ0n) is 51.8. The fourth-order valence-corrected chi connectivity index (χ4v) is 8.53. The number of hydrogen-bond donors (Lipinski definition) is 14. The number of Topliss-reactive ketones (excluding diaryl/α,β-unsaturated/α-hetero) is 1. The summed E-state index contributed by atoms with van der Waals surface area (Å²) in [5.74, 6) is -19.8. The first-order valence-corrected chi connectivity index (χ1v) is 28.7. The third-order valence-electron chi connectivity index (χ3n) is 14.1. The number of nitriles is 1. The van der Waals surface area contributed by atoms with Crippen molar-refractivity contribution in [1.29, 1.82) is 5.26 Å². The molecular weight excluding hydrogens is 1350 g/mol. The quantitative estimate of drug-likeness (QED) is 0.0184. The standard InChI is InChI=1S/C13H13F4NO4.C13H14F3NO4.C13H13FN2O4.C13H16FNO3.C11H13FN2O4/c14-9-2-1-8(13(15,16)17)4-6(9)3-7(11(19)20)5-10(18)12(21)22;14-13(15,16)9-3-1-7(2-4-9)5-8(11(18)19)6-10(17)12(20)21;14-10-4-7(1-2-8(10)6-15)3-9(12(17)18)5-11(16)13(19)20;1-8(16)12(15)7-10(13(17)18)6-9-2-4-11(14)5-3-9;12-9-3-1-2-7(14-9)4-6(10(15)16)5-8(13)11(17)18/h1-2,4,7,10H,3,5,18H2,(H,19,20)(H,21,22);1-4,8,10H,5-6,17H2,(H,18,19)(H,20,21);1-2,4,9,11H,3,5,16H2,(H,17,18)(H,19,20);2-5,10,12H,6-7,15H2,1H3,(H,17,18);1-3,6,8H,4-5,13H2,(H,15,16)(H,17,18). The van der Waals surface area contributed by atoms with Crippen molar-refractivity contribution in [3.05, 3.63) is 171 Å². The van der Waals surface area contributed by atoms with Gasteiger partial charge in [-0.3, -0.25) is 47.9 Å². The molecule has 36 heteroatoms. The number of nitrogens with two attached hydrogens (primary N) is 5. The Morgan fingerprint density at radius 2 is 0.758 bits per heavy atom. The Hall–Kier alpha value is -10.5. The lowest BCUT2D eigenvalue weighted by atomic mass is 9.92. The van der Waals surface area contributed by atoms with E-state index in [1.165, 1.54) is 67.6 Å². The lowest BCUT2D eigenvalue weighted by Crippen LogP contribution is -2.35. The molecule has 0 spiro atoms. The van der Waals surface area contributed by atoms with Gasteiger partial charge in [0, 0.05) is 12.1 Å². The van der Waals surface area contributed by atoms with Crippen LogP contribution in [0.2, 0.25) is 0 Å². The maximum Gasteiger partial charge on any atom is 0.416 e. The fourth-order valence-electron chi connectivity index (χ4n) is 8.53. The summed E-state index contributed by atoms with van der Waals surface area (Å²) in [6, 6.07) is 14.6. The predicted octanol–water partition coefficient (Wildman–Crippen LogP) is 6.02. The van der Waals surface area contributed by atoms with Crippen LogP contribution in [0.25, 0.3) is 0 Å². The van der Waals surface area contributed by atoms with Gasteiger partial charge in [0.1, 0.15) is 53.5 Å². The molecule has 19 N–H and O–H groups in total. The van der Waals surface area contributed by atoms with E-state index in [0.717, 1.165) is 24.3 Å². The van der Waals surface area contributed by atoms with Crippen molar-refractivity contribution in [2.45, 2.75) is 114 Å². The Balaban J connectivity index is 0.000000620. The number of carbonyl (C=O) groups is 10. The van der Waals surface area contributed by atoms with E-state index < -0.39 is 173 Å². The number of carbonyl (C=O) groups excluding carboxylic acids is 1. The maximum atomic E-state index is 13.6. The zero-order chi connectivity index (χ0) is 76.0. The third kappa shape index (κ3) is 32.9. The molecular formula is C63H69F10N7O19. The van der Waals surface area contributed by atoms with Crippen LogP contribution in [0, 0.1) is 64.3 Å². The highest BCUT2D eigenvalue weighted by Gasteiger charge is 2.34. The van der Waals surface area contributed by atoms with E-state index in [9.17, 15) is 91.8 Å². The Morgan fingerprint density at radius 1 is 0.414 bits per heavy atom. The van der Waals surface area contributed by atoms with Gasteiger partial charge in [-0.1, -0.05) is 36.4 Å². The molecule has 0 saturated carbocycles. The summed E-state index contributed by atoms with van der Waals surface area (Å²) in [6.45, 7) is 1.33. The van der Waals surface area contributed by atoms with E-state index in [0.29, 0.717) is 34.9 Å². The number of aromatic nitrogens is 1. The first-order chi connectivity index (χ1) is 45.8. The largest absolute Gasteiger partial charge is 0.481 e. The number of nitrogens with zero attached hydrogens (tertiary/aromatic N) is 2. The van der Waals surface area contributed by atoms with Gasteiger partial charge in [0.15, 0.2) is 0 Å². The molecule has 0 radical (unpaired) electrons. The SMILES string of the molecule is CC(=O)C(N)CC(Cc1ccc(F)cc1)C(=O)O.N#Cc1ccc(CC(CC(N)C(=O)O)C(=O)O)cc1F.NC(CC(Cc1cc(C(F)(F)F)ccc1F)C(=O)O)C(=O)O.NC(CC(Cc1ccc(C(F)(F)F)cc1)C(=O)O)C(=O)O.NC(CC(Cc1cccc(F)n1)C(=O)O)C(=O)O. The number of benzene rings is 4. The van der Waals surface area contributed by atoms with Crippen LogP contribution in [-0.4, -0.2) is 141 Å². The van der Waals surface area contributed by atoms with E-state index in [1.807, 2.05) is 0 Å². The minimum Gasteiger partial charge on any atom is -0.481 e. The molecule has 0 fully saturated rings. The minimum atomic E-state index is -4.70. The number of alkyl halides is 6. The summed E-state index contributed by atoms with van der Waals surface area (Å²) in [6.07, 6.45) is -11.0. The second kappa shape index (κ2) is 40.9. The molecule has 0 aliphatic heterocycles. The van der Waals surface area contributed by atoms with E-state index in [1.54, 1.807) is 6.07 Å². The van der Waals surface area contributed by atoms with Crippen LogP contribution in [-0.2, 0) is 92.4 Å². The number of carboxylic acid groups (broad SMARTS) is 9. The molecule has 99 heavy (non-hydrogen) atoms. The summed E-state index contributed by atoms with van der Waals surface area (Å²) in [5, 5.41) is 88.3. The summed E-state index contributed by atoms with van der Waals surface area (Å²) >= 11 is 0. The highest BCUT2D eigenvalue weighted by Crippen LogP contribution is 2.32. The smallest absolute Gasteiger partial charge is 0.416 e. The second-order valence-electron chi connectivity index (χ2n) is 21.9. The number of aliphatic carboxylic acids is 9. The average Bonchev–Trinajstić information content (AvgIpc) is 0.847. The molecule has 5 aromatic rings. The lowest BCUT2D eigenvalue weighted by molar-refractivity contribution is -0.145. The number of ketones is 1. The minimum absolute atomic E-state index is 0.0566. The number of carboxylic acids is 9. The van der Waals surface area contributed by atoms with Crippen molar-refractivity contribution in [2.75, 3.05) is 0 Å². The molecule has 4 aromatic carbocycles. The number of pyridine rings is 1. The Bertz CT molecular complexity index is 3620. The highest BCUT2D eigenvalue weighted by atomic mass is 19.4.